The lowest BCUT2D eigenvalue weighted by atomic mass is 9.92. The van der Waals surface area contributed by atoms with E-state index in [2.05, 4.69) is 23.6 Å². The fraction of sp³-hybridized carbons (Fsp3) is 0.536. The Morgan fingerprint density at radius 1 is 0.875 bits per heavy atom. The van der Waals surface area contributed by atoms with Gasteiger partial charge >= 0.3 is 0 Å². The van der Waals surface area contributed by atoms with Gasteiger partial charge in [-0.1, -0.05) is 70.4 Å². The van der Waals surface area contributed by atoms with Crippen LogP contribution in [-0.4, -0.2) is 23.6 Å². The highest BCUT2D eigenvalue weighted by Crippen LogP contribution is 2.37. The second-order valence-corrected chi connectivity index (χ2v) is 9.15. The Balaban J connectivity index is 1.44. The van der Waals surface area contributed by atoms with E-state index in [1.165, 1.54) is 74.6 Å². The normalized spacial score (nSPS) is 14.7. The largest absolute Gasteiger partial charge is 0.454 e. The summed E-state index contributed by atoms with van der Waals surface area (Å²) in [6.45, 7) is 4.09. The summed E-state index contributed by atoms with van der Waals surface area (Å²) in [6.07, 6.45) is 13.8. The minimum atomic E-state index is -0.119. The molecule has 32 heavy (non-hydrogen) atoms. The third kappa shape index (κ3) is 5.70. The van der Waals surface area contributed by atoms with Crippen molar-refractivity contribution in [3.05, 3.63) is 58.9 Å². The van der Waals surface area contributed by atoms with Crippen LogP contribution in [0.5, 0.6) is 11.5 Å². The van der Waals surface area contributed by atoms with Gasteiger partial charge in [0.1, 0.15) is 12.4 Å². The first-order valence-corrected chi connectivity index (χ1v) is 12.5. The summed E-state index contributed by atoms with van der Waals surface area (Å²) in [6, 6.07) is 11.4. The molecule has 2 aliphatic rings. The van der Waals surface area contributed by atoms with Crippen LogP contribution in [0.1, 0.15) is 87.8 Å². The minimum absolute atomic E-state index is 0.119. The summed E-state index contributed by atoms with van der Waals surface area (Å²) in [7, 11) is 0. The standard InChI is InChI=1S/C28H37FNO2/c1-2-3-4-5-6-7-8-9-10-15-26-24-19-28-27(31-21-32-28)18-22(24)16-17-30(26)20-23-13-11-12-14-25(23)29/h11-14,18-19H,2-10,15-17,20-21H2,1H3/q+1. The second kappa shape index (κ2) is 11.5. The molecule has 0 bridgehead atoms. The Morgan fingerprint density at radius 3 is 2.31 bits per heavy atom. The van der Waals surface area contributed by atoms with Gasteiger partial charge in [-0.05, 0) is 36.2 Å². The van der Waals surface area contributed by atoms with Gasteiger partial charge in [0.05, 0.1) is 5.56 Å². The molecule has 0 aromatic heterocycles. The Hall–Kier alpha value is -2.36. The molecule has 0 atom stereocenters. The number of hydrogen-bond acceptors (Lipinski definition) is 2. The maximum absolute atomic E-state index is 14.4. The molecule has 2 heterocycles. The molecule has 0 unspecified atom stereocenters. The van der Waals surface area contributed by atoms with Crippen molar-refractivity contribution in [1.82, 2.24) is 0 Å². The van der Waals surface area contributed by atoms with Crippen molar-refractivity contribution in [2.45, 2.75) is 84.1 Å². The minimum Gasteiger partial charge on any atom is -0.454 e. The van der Waals surface area contributed by atoms with Crippen molar-refractivity contribution in [2.24, 2.45) is 0 Å². The summed E-state index contributed by atoms with van der Waals surface area (Å²) in [5.74, 6) is 1.57. The van der Waals surface area contributed by atoms with E-state index >= 15 is 0 Å². The molecule has 0 radical (unpaired) electrons. The first-order valence-electron chi connectivity index (χ1n) is 12.5. The highest BCUT2D eigenvalue weighted by atomic mass is 19.1. The Labute approximate surface area is 192 Å². The summed E-state index contributed by atoms with van der Waals surface area (Å²) in [4.78, 5) is 0. The molecule has 0 N–H and O–H groups in total. The van der Waals surface area contributed by atoms with Crippen molar-refractivity contribution >= 4 is 5.71 Å². The van der Waals surface area contributed by atoms with Crippen molar-refractivity contribution in [2.75, 3.05) is 13.3 Å². The van der Waals surface area contributed by atoms with E-state index in [1.807, 2.05) is 12.1 Å². The van der Waals surface area contributed by atoms with Crippen molar-refractivity contribution < 1.29 is 18.4 Å². The number of ether oxygens (including phenoxy) is 2. The molecule has 0 saturated heterocycles. The summed E-state index contributed by atoms with van der Waals surface area (Å²) < 4.78 is 28.0. The highest BCUT2D eigenvalue weighted by molar-refractivity contribution is 5.99. The molecular formula is C28H37FNO2+. The van der Waals surface area contributed by atoms with Crippen LogP contribution < -0.4 is 9.47 Å². The zero-order valence-electron chi connectivity index (χ0n) is 19.5. The number of unbranched alkanes of at least 4 members (excludes halogenated alkanes) is 8. The lowest BCUT2D eigenvalue weighted by Crippen LogP contribution is -2.30. The number of benzene rings is 2. The van der Waals surface area contributed by atoms with Gasteiger partial charge in [-0.2, -0.15) is 0 Å². The number of nitrogens with zero attached hydrogens (tertiary/aromatic N) is 1. The van der Waals surface area contributed by atoms with E-state index in [4.69, 9.17) is 9.47 Å². The molecule has 4 heteroatoms. The smallest absolute Gasteiger partial charge is 0.231 e. The number of halogens is 1. The van der Waals surface area contributed by atoms with E-state index in [1.54, 1.807) is 12.1 Å². The van der Waals surface area contributed by atoms with Gasteiger partial charge in [-0.3, -0.25) is 0 Å². The average molecular weight is 439 g/mol. The molecular weight excluding hydrogens is 401 g/mol. The predicted molar refractivity (Wildman–Crippen MR) is 127 cm³/mol. The molecule has 2 aromatic rings. The van der Waals surface area contributed by atoms with Gasteiger partial charge in [-0.25, -0.2) is 8.97 Å². The van der Waals surface area contributed by atoms with Gasteiger partial charge < -0.3 is 9.47 Å². The van der Waals surface area contributed by atoms with Gasteiger partial charge in [0, 0.05) is 18.4 Å². The van der Waals surface area contributed by atoms with E-state index in [9.17, 15) is 4.39 Å². The van der Waals surface area contributed by atoms with Crippen LogP contribution in [0, 0.1) is 5.82 Å². The fourth-order valence-corrected chi connectivity index (χ4v) is 4.92. The third-order valence-electron chi connectivity index (χ3n) is 6.78. The first kappa shape index (κ1) is 22.8. The number of hydrogen-bond donors (Lipinski definition) is 0. The molecule has 172 valence electrons. The van der Waals surface area contributed by atoms with Gasteiger partial charge in [0.25, 0.3) is 0 Å². The van der Waals surface area contributed by atoms with E-state index in [0.717, 1.165) is 36.4 Å². The second-order valence-electron chi connectivity index (χ2n) is 9.15. The molecule has 4 rings (SSSR count). The van der Waals surface area contributed by atoms with Gasteiger partial charge in [0.2, 0.25) is 6.79 Å². The Kier molecular flexibility index (Phi) is 8.19. The molecule has 0 saturated carbocycles. The molecule has 0 amide bonds. The number of fused-ring (bicyclic) bond motifs is 2. The fourth-order valence-electron chi connectivity index (χ4n) is 4.92. The molecule has 0 fully saturated rings. The van der Waals surface area contributed by atoms with Crippen molar-refractivity contribution in [3.63, 3.8) is 0 Å². The zero-order valence-corrected chi connectivity index (χ0v) is 19.5. The van der Waals surface area contributed by atoms with E-state index in [-0.39, 0.29) is 5.82 Å². The van der Waals surface area contributed by atoms with Crippen LogP contribution in [0.2, 0.25) is 0 Å². The summed E-state index contributed by atoms with van der Waals surface area (Å²) in [5.41, 5.74) is 4.68. The maximum atomic E-state index is 14.4. The van der Waals surface area contributed by atoms with Gasteiger partial charge in [-0.15, -0.1) is 0 Å². The number of rotatable bonds is 12. The molecule has 3 nitrogen and oxygen atoms in total. The zero-order chi connectivity index (χ0) is 22.2. The summed E-state index contributed by atoms with van der Waals surface area (Å²) in [5, 5.41) is 0. The monoisotopic (exact) mass is 438 g/mol. The predicted octanol–water partition coefficient (Wildman–Crippen LogP) is 7.03. The van der Waals surface area contributed by atoms with Crippen LogP contribution in [0.15, 0.2) is 36.4 Å². The lowest BCUT2D eigenvalue weighted by molar-refractivity contribution is -0.546. The highest BCUT2D eigenvalue weighted by Gasteiger charge is 2.29. The van der Waals surface area contributed by atoms with Crippen molar-refractivity contribution in [3.8, 4) is 11.5 Å². The van der Waals surface area contributed by atoms with Crippen LogP contribution in [0.4, 0.5) is 4.39 Å². The lowest BCUT2D eigenvalue weighted by Gasteiger charge is -2.20. The van der Waals surface area contributed by atoms with Crippen LogP contribution in [0.25, 0.3) is 0 Å². The van der Waals surface area contributed by atoms with Crippen LogP contribution in [0.3, 0.4) is 0 Å². The van der Waals surface area contributed by atoms with Crippen molar-refractivity contribution in [1.29, 1.82) is 0 Å². The molecule has 0 spiro atoms. The quantitative estimate of drug-likeness (QED) is 0.262. The SMILES string of the molecule is CCCCCCCCCCCC1=[N+](Cc2ccccc2F)CCc2cc3c(cc21)OCO3. The van der Waals surface area contributed by atoms with Crippen LogP contribution >= 0.6 is 0 Å². The average Bonchev–Trinajstić information content (AvgIpc) is 3.26. The first-order chi connectivity index (χ1) is 15.8. The van der Waals surface area contributed by atoms with E-state index < -0.39 is 0 Å². The molecule has 2 aromatic carbocycles. The maximum Gasteiger partial charge on any atom is 0.231 e. The van der Waals surface area contributed by atoms with Gasteiger partial charge in [0.15, 0.2) is 23.8 Å². The molecule has 0 aliphatic carbocycles. The van der Waals surface area contributed by atoms with E-state index in [0.29, 0.717) is 13.3 Å². The summed E-state index contributed by atoms with van der Waals surface area (Å²) >= 11 is 0. The Bertz CT molecular complexity index is 937. The Morgan fingerprint density at radius 2 is 1.56 bits per heavy atom. The third-order valence-corrected chi connectivity index (χ3v) is 6.78. The molecule has 2 aliphatic heterocycles. The van der Waals surface area contributed by atoms with Crippen LogP contribution in [-0.2, 0) is 13.0 Å². The topological polar surface area (TPSA) is 21.5 Å².